The molecule has 116 valence electrons. The molecule has 2 rings (SSSR count). The van der Waals surface area contributed by atoms with Gasteiger partial charge in [-0.3, -0.25) is 4.79 Å². The van der Waals surface area contributed by atoms with E-state index in [9.17, 15) is 4.79 Å². The Kier molecular flexibility index (Phi) is 4.88. The smallest absolute Gasteiger partial charge is 0.303 e. The van der Waals surface area contributed by atoms with E-state index < -0.39 is 5.97 Å². The van der Waals surface area contributed by atoms with E-state index in [1.54, 1.807) is 7.11 Å². The third-order valence-corrected chi connectivity index (χ3v) is 4.61. The first-order valence-electron chi connectivity index (χ1n) is 7.63. The Hall–Kier alpha value is -1.55. The molecule has 4 nitrogen and oxygen atoms in total. The molecule has 0 amide bonds. The quantitative estimate of drug-likeness (QED) is 0.874. The summed E-state index contributed by atoms with van der Waals surface area (Å²) in [5.41, 5.74) is 12.5. The summed E-state index contributed by atoms with van der Waals surface area (Å²) in [4.78, 5) is 10.8. The molecular formula is C17H25NO3. The minimum atomic E-state index is -0.809. The molecule has 0 aliphatic heterocycles. The molecule has 0 fully saturated rings. The number of hydrogen-bond donors (Lipinski definition) is 2. The number of carbonyl (C=O) groups is 1. The maximum atomic E-state index is 10.8. The zero-order valence-corrected chi connectivity index (χ0v) is 13.2. The average molecular weight is 291 g/mol. The summed E-state index contributed by atoms with van der Waals surface area (Å²) in [6.45, 7) is 4.19. The van der Waals surface area contributed by atoms with Crippen LogP contribution in [0, 0.1) is 13.8 Å². The van der Waals surface area contributed by atoms with E-state index in [0.717, 1.165) is 24.2 Å². The van der Waals surface area contributed by atoms with Crippen molar-refractivity contribution in [2.45, 2.75) is 58.4 Å². The van der Waals surface area contributed by atoms with Gasteiger partial charge in [-0.2, -0.15) is 0 Å². The van der Waals surface area contributed by atoms with E-state index in [-0.39, 0.29) is 12.5 Å². The zero-order chi connectivity index (χ0) is 15.6. The number of nitrogens with two attached hydrogens (primary N) is 1. The summed E-state index contributed by atoms with van der Waals surface area (Å²) in [5.74, 6) is 0.0443. The molecule has 1 aliphatic carbocycles. The SMILES string of the molecule is COc1c(C)c2c(c(C)c1C(N)CCC(=O)O)CCCC2. The minimum absolute atomic E-state index is 0.0832. The Morgan fingerprint density at radius 2 is 1.81 bits per heavy atom. The van der Waals surface area contributed by atoms with Gasteiger partial charge >= 0.3 is 5.97 Å². The second kappa shape index (κ2) is 6.48. The van der Waals surface area contributed by atoms with Gasteiger partial charge in [0.05, 0.1) is 7.11 Å². The van der Waals surface area contributed by atoms with Crippen molar-refractivity contribution in [2.24, 2.45) is 5.73 Å². The maximum absolute atomic E-state index is 10.8. The van der Waals surface area contributed by atoms with Crippen LogP contribution in [0.5, 0.6) is 5.75 Å². The molecule has 1 unspecified atom stereocenters. The molecule has 0 saturated carbocycles. The summed E-state index contributed by atoms with van der Waals surface area (Å²) in [6.07, 6.45) is 5.14. The lowest BCUT2D eigenvalue weighted by Crippen LogP contribution is -2.19. The average Bonchev–Trinajstić information content (AvgIpc) is 2.48. The van der Waals surface area contributed by atoms with E-state index in [1.165, 1.54) is 35.1 Å². The molecular weight excluding hydrogens is 266 g/mol. The monoisotopic (exact) mass is 291 g/mol. The van der Waals surface area contributed by atoms with Crippen LogP contribution >= 0.6 is 0 Å². The number of carboxylic acids is 1. The molecule has 0 saturated heterocycles. The first-order chi connectivity index (χ1) is 9.97. The van der Waals surface area contributed by atoms with Gasteiger partial charge in [-0.05, 0) is 68.2 Å². The van der Waals surface area contributed by atoms with Crippen LogP contribution in [0.4, 0.5) is 0 Å². The van der Waals surface area contributed by atoms with E-state index >= 15 is 0 Å². The molecule has 0 radical (unpaired) electrons. The number of rotatable bonds is 5. The Balaban J connectivity index is 2.48. The molecule has 0 heterocycles. The Bertz CT molecular complexity index is 552. The fraction of sp³-hybridized carbons (Fsp3) is 0.588. The topological polar surface area (TPSA) is 72.5 Å². The summed E-state index contributed by atoms with van der Waals surface area (Å²) >= 11 is 0. The van der Waals surface area contributed by atoms with Crippen LogP contribution in [0.15, 0.2) is 0 Å². The molecule has 0 bridgehead atoms. The molecule has 3 N–H and O–H groups in total. The Morgan fingerprint density at radius 3 is 2.33 bits per heavy atom. The van der Waals surface area contributed by atoms with Crippen LogP contribution in [0.2, 0.25) is 0 Å². The van der Waals surface area contributed by atoms with Crippen LogP contribution in [0.25, 0.3) is 0 Å². The van der Waals surface area contributed by atoms with Crippen molar-refractivity contribution < 1.29 is 14.6 Å². The summed E-state index contributed by atoms with van der Waals surface area (Å²) in [7, 11) is 1.67. The van der Waals surface area contributed by atoms with E-state index in [4.69, 9.17) is 15.6 Å². The van der Waals surface area contributed by atoms with Gasteiger partial charge in [0, 0.05) is 18.0 Å². The highest BCUT2D eigenvalue weighted by Gasteiger charge is 2.25. The highest BCUT2D eigenvalue weighted by molar-refractivity contribution is 5.67. The van der Waals surface area contributed by atoms with Crippen molar-refractivity contribution in [3.63, 3.8) is 0 Å². The Morgan fingerprint density at radius 1 is 1.24 bits per heavy atom. The molecule has 0 aromatic heterocycles. The fourth-order valence-corrected chi connectivity index (χ4v) is 3.54. The van der Waals surface area contributed by atoms with Gasteiger partial charge in [0.25, 0.3) is 0 Å². The van der Waals surface area contributed by atoms with Crippen molar-refractivity contribution in [2.75, 3.05) is 7.11 Å². The van der Waals surface area contributed by atoms with Gasteiger partial charge in [0.1, 0.15) is 5.75 Å². The first-order valence-corrected chi connectivity index (χ1v) is 7.63. The number of hydrogen-bond acceptors (Lipinski definition) is 3. The molecule has 1 aliphatic rings. The van der Waals surface area contributed by atoms with Gasteiger partial charge in [-0.1, -0.05) is 0 Å². The number of methoxy groups -OCH3 is 1. The van der Waals surface area contributed by atoms with Crippen LogP contribution in [0.3, 0.4) is 0 Å². The van der Waals surface area contributed by atoms with Gasteiger partial charge in [-0.15, -0.1) is 0 Å². The number of carboxylic acid groups (broad SMARTS) is 1. The van der Waals surface area contributed by atoms with Crippen molar-refractivity contribution in [3.05, 3.63) is 27.8 Å². The molecule has 4 heteroatoms. The van der Waals surface area contributed by atoms with E-state index in [1.807, 2.05) is 0 Å². The standard InChI is InChI=1S/C17H25NO3/c1-10-12-6-4-5-7-13(12)11(2)17(21-3)16(10)14(18)8-9-15(19)20/h14H,4-9,18H2,1-3H3,(H,19,20). The van der Waals surface area contributed by atoms with Gasteiger partial charge in [-0.25, -0.2) is 0 Å². The van der Waals surface area contributed by atoms with E-state index in [2.05, 4.69) is 13.8 Å². The fourth-order valence-electron chi connectivity index (χ4n) is 3.54. The van der Waals surface area contributed by atoms with E-state index in [0.29, 0.717) is 6.42 Å². The highest BCUT2D eigenvalue weighted by Crippen LogP contribution is 2.40. The molecule has 1 aromatic carbocycles. The number of aliphatic carboxylic acids is 1. The summed E-state index contributed by atoms with van der Waals surface area (Å²) in [5, 5.41) is 8.86. The lowest BCUT2D eigenvalue weighted by atomic mass is 9.81. The zero-order valence-electron chi connectivity index (χ0n) is 13.2. The lowest BCUT2D eigenvalue weighted by Gasteiger charge is -2.28. The lowest BCUT2D eigenvalue weighted by molar-refractivity contribution is -0.137. The third kappa shape index (κ3) is 3.05. The first kappa shape index (κ1) is 15.8. The van der Waals surface area contributed by atoms with Crippen molar-refractivity contribution in [3.8, 4) is 5.75 Å². The minimum Gasteiger partial charge on any atom is -0.496 e. The predicted molar refractivity (Wildman–Crippen MR) is 82.9 cm³/mol. The van der Waals surface area contributed by atoms with Gasteiger partial charge in [0.15, 0.2) is 0 Å². The second-order valence-electron chi connectivity index (χ2n) is 5.90. The predicted octanol–water partition coefficient (Wildman–Crippen LogP) is 3.06. The number of fused-ring (bicyclic) bond motifs is 1. The number of ether oxygens (including phenoxy) is 1. The number of benzene rings is 1. The van der Waals surface area contributed by atoms with Crippen molar-refractivity contribution >= 4 is 5.97 Å². The molecule has 21 heavy (non-hydrogen) atoms. The summed E-state index contributed by atoms with van der Waals surface area (Å²) in [6, 6.07) is -0.290. The van der Waals surface area contributed by atoms with Crippen LogP contribution in [-0.4, -0.2) is 18.2 Å². The summed E-state index contributed by atoms with van der Waals surface area (Å²) < 4.78 is 5.62. The molecule has 1 atom stereocenters. The maximum Gasteiger partial charge on any atom is 0.303 e. The molecule has 1 aromatic rings. The van der Waals surface area contributed by atoms with Gasteiger partial charge < -0.3 is 15.6 Å². The van der Waals surface area contributed by atoms with Crippen LogP contribution in [0.1, 0.15) is 59.5 Å². The van der Waals surface area contributed by atoms with Crippen LogP contribution < -0.4 is 10.5 Å². The second-order valence-corrected chi connectivity index (χ2v) is 5.90. The third-order valence-electron chi connectivity index (χ3n) is 4.61. The molecule has 0 spiro atoms. The van der Waals surface area contributed by atoms with Crippen molar-refractivity contribution in [1.82, 2.24) is 0 Å². The Labute approximate surface area is 126 Å². The van der Waals surface area contributed by atoms with Gasteiger partial charge in [0.2, 0.25) is 0 Å². The van der Waals surface area contributed by atoms with Crippen molar-refractivity contribution in [1.29, 1.82) is 0 Å². The largest absolute Gasteiger partial charge is 0.496 e. The highest BCUT2D eigenvalue weighted by atomic mass is 16.5. The van der Waals surface area contributed by atoms with Crippen LogP contribution in [-0.2, 0) is 17.6 Å². The normalized spacial score (nSPS) is 15.4.